The largest absolute Gasteiger partial charge is 0.344 e. The van der Waals surface area contributed by atoms with E-state index in [0.29, 0.717) is 17.3 Å². The van der Waals surface area contributed by atoms with Gasteiger partial charge in [0.15, 0.2) is 0 Å². The lowest BCUT2D eigenvalue weighted by molar-refractivity contribution is -0.126. The molecule has 1 fully saturated rings. The van der Waals surface area contributed by atoms with Crippen LogP contribution in [0.4, 0.5) is 5.69 Å². The topological polar surface area (TPSA) is 49.4 Å². The van der Waals surface area contributed by atoms with Crippen LogP contribution in [0.5, 0.6) is 0 Å². The predicted molar refractivity (Wildman–Crippen MR) is 82.9 cm³/mol. The van der Waals surface area contributed by atoms with E-state index in [2.05, 4.69) is 21.2 Å². The first-order chi connectivity index (χ1) is 9.40. The lowest BCUT2D eigenvalue weighted by Crippen LogP contribution is -2.48. The van der Waals surface area contributed by atoms with Crippen LogP contribution in [0.2, 0.25) is 5.02 Å². The maximum atomic E-state index is 12.6. The van der Waals surface area contributed by atoms with E-state index in [-0.39, 0.29) is 24.2 Å². The number of anilines is 1. The molecule has 108 valence electrons. The highest BCUT2D eigenvalue weighted by atomic mass is 79.9. The van der Waals surface area contributed by atoms with E-state index in [1.807, 2.05) is 13.8 Å². The number of nitrogens with one attached hydrogen (secondary N) is 1. The molecule has 1 N–H and O–H groups in total. The molecular weight excluding hydrogens is 344 g/mol. The minimum atomic E-state index is -0.504. The summed E-state index contributed by atoms with van der Waals surface area (Å²) in [7, 11) is 0. The van der Waals surface area contributed by atoms with Gasteiger partial charge in [-0.25, -0.2) is 0 Å². The summed E-state index contributed by atoms with van der Waals surface area (Å²) in [5.41, 5.74) is 0.699. The summed E-state index contributed by atoms with van der Waals surface area (Å²) < 4.78 is 0.784. The zero-order valence-electron chi connectivity index (χ0n) is 11.3. The molecule has 0 saturated carbocycles. The van der Waals surface area contributed by atoms with Crippen LogP contribution in [0, 0.1) is 5.92 Å². The van der Waals surface area contributed by atoms with E-state index in [1.54, 1.807) is 23.1 Å². The number of benzene rings is 1. The Morgan fingerprint density at radius 1 is 1.40 bits per heavy atom. The third kappa shape index (κ3) is 3.15. The fraction of sp³-hybridized carbons (Fsp3) is 0.429. The summed E-state index contributed by atoms with van der Waals surface area (Å²) in [4.78, 5) is 26.0. The molecule has 1 heterocycles. The second kappa shape index (κ2) is 6.14. The van der Waals surface area contributed by atoms with Crippen LogP contribution >= 0.6 is 27.5 Å². The summed E-state index contributed by atoms with van der Waals surface area (Å²) in [6.07, 6.45) is 0.286. The molecule has 0 radical (unpaired) electrons. The average molecular weight is 360 g/mol. The van der Waals surface area contributed by atoms with E-state index in [4.69, 9.17) is 11.6 Å². The lowest BCUT2D eigenvalue weighted by Gasteiger charge is -2.27. The second-order valence-corrected chi connectivity index (χ2v) is 6.42. The molecule has 20 heavy (non-hydrogen) atoms. The fourth-order valence-electron chi connectivity index (χ4n) is 2.18. The van der Waals surface area contributed by atoms with E-state index in [1.165, 1.54) is 0 Å². The molecule has 0 aromatic heterocycles. The second-order valence-electron chi connectivity index (χ2n) is 5.12. The summed E-state index contributed by atoms with van der Waals surface area (Å²) in [5.74, 6) is -0.170. The molecule has 0 aliphatic carbocycles. The Balaban J connectivity index is 2.41. The van der Waals surface area contributed by atoms with Gasteiger partial charge in [-0.15, -0.1) is 0 Å². The normalized spacial score (nSPS) is 20.1. The molecule has 6 heteroatoms. The maximum absolute atomic E-state index is 12.6. The van der Waals surface area contributed by atoms with Crippen molar-refractivity contribution in [2.45, 2.75) is 26.3 Å². The van der Waals surface area contributed by atoms with Crippen LogP contribution in [0.25, 0.3) is 0 Å². The summed E-state index contributed by atoms with van der Waals surface area (Å²) in [5, 5.41) is 3.34. The number of rotatable bonds is 2. The van der Waals surface area contributed by atoms with Crippen molar-refractivity contribution in [2.75, 3.05) is 11.4 Å². The zero-order chi connectivity index (χ0) is 14.9. The number of amides is 2. The lowest BCUT2D eigenvalue weighted by atomic mass is 10.0. The number of hydrogen-bond acceptors (Lipinski definition) is 2. The smallest absolute Gasteiger partial charge is 0.249 e. The third-order valence-corrected chi connectivity index (χ3v) is 4.18. The summed E-state index contributed by atoms with van der Waals surface area (Å²) in [6, 6.07) is 4.78. The molecule has 1 unspecified atom stereocenters. The van der Waals surface area contributed by atoms with E-state index in [0.717, 1.165) is 4.47 Å². The Kier molecular flexibility index (Phi) is 4.70. The number of hydrogen-bond donors (Lipinski definition) is 1. The molecule has 0 spiro atoms. The van der Waals surface area contributed by atoms with Gasteiger partial charge in [0, 0.05) is 22.5 Å². The molecule has 4 nitrogen and oxygen atoms in total. The Labute approximate surface area is 131 Å². The Hall–Kier alpha value is -1.07. The summed E-state index contributed by atoms with van der Waals surface area (Å²) >= 11 is 9.44. The Morgan fingerprint density at radius 3 is 2.75 bits per heavy atom. The minimum Gasteiger partial charge on any atom is -0.344 e. The molecule has 0 bridgehead atoms. The number of nitrogens with zero attached hydrogens (tertiary/aromatic N) is 1. The van der Waals surface area contributed by atoms with Crippen molar-refractivity contribution in [3.8, 4) is 0 Å². The number of carbonyl (C=O) groups excluding carboxylic acids is 2. The van der Waals surface area contributed by atoms with Gasteiger partial charge in [-0.2, -0.15) is 0 Å². The zero-order valence-corrected chi connectivity index (χ0v) is 13.7. The van der Waals surface area contributed by atoms with Gasteiger partial charge in [-0.05, 0) is 40.0 Å². The molecule has 1 aliphatic heterocycles. The minimum absolute atomic E-state index is 0.0324. The highest BCUT2D eigenvalue weighted by Gasteiger charge is 2.33. The Morgan fingerprint density at radius 2 is 2.10 bits per heavy atom. The quantitative estimate of drug-likeness (QED) is 0.882. The van der Waals surface area contributed by atoms with Gasteiger partial charge < -0.3 is 10.2 Å². The average Bonchev–Trinajstić information content (AvgIpc) is 2.53. The van der Waals surface area contributed by atoms with Crippen molar-refractivity contribution in [3.63, 3.8) is 0 Å². The van der Waals surface area contributed by atoms with Crippen LogP contribution in [-0.4, -0.2) is 24.4 Å². The van der Waals surface area contributed by atoms with Gasteiger partial charge in [0.25, 0.3) is 0 Å². The summed E-state index contributed by atoms with van der Waals surface area (Å²) in [6.45, 7) is 4.19. The highest BCUT2D eigenvalue weighted by Crippen LogP contribution is 2.31. The SMILES string of the molecule is CC(C)C1NC(=O)CCN(c2cc(Cl)ccc2Br)C1=O. The maximum Gasteiger partial charge on any atom is 0.249 e. The molecule has 1 aromatic carbocycles. The van der Waals surface area contributed by atoms with Crippen molar-refractivity contribution < 1.29 is 9.59 Å². The van der Waals surface area contributed by atoms with Gasteiger partial charge in [0.2, 0.25) is 11.8 Å². The van der Waals surface area contributed by atoms with Crippen molar-refractivity contribution in [1.82, 2.24) is 5.32 Å². The molecule has 1 atom stereocenters. The van der Waals surface area contributed by atoms with Crippen LogP contribution in [0.3, 0.4) is 0 Å². The monoisotopic (exact) mass is 358 g/mol. The highest BCUT2D eigenvalue weighted by molar-refractivity contribution is 9.10. The standard InChI is InChI=1S/C14H16BrClN2O2/c1-8(2)13-14(20)18(6-5-12(19)17-13)11-7-9(16)3-4-10(11)15/h3-4,7-8,13H,5-6H2,1-2H3,(H,17,19). The van der Waals surface area contributed by atoms with Crippen LogP contribution in [-0.2, 0) is 9.59 Å². The van der Waals surface area contributed by atoms with Gasteiger partial charge in [0.1, 0.15) is 6.04 Å². The van der Waals surface area contributed by atoms with Crippen molar-refractivity contribution in [1.29, 1.82) is 0 Å². The molecule has 2 amide bonds. The molecule has 2 rings (SSSR count). The predicted octanol–water partition coefficient (Wildman–Crippen LogP) is 2.98. The molecule has 1 saturated heterocycles. The van der Waals surface area contributed by atoms with Crippen LogP contribution in [0.15, 0.2) is 22.7 Å². The van der Waals surface area contributed by atoms with Crippen molar-refractivity contribution in [2.24, 2.45) is 5.92 Å². The van der Waals surface area contributed by atoms with Crippen molar-refractivity contribution >= 4 is 45.0 Å². The van der Waals surface area contributed by atoms with E-state index in [9.17, 15) is 9.59 Å². The van der Waals surface area contributed by atoms with E-state index < -0.39 is 6.04 Å². The fourth-order valence-corrected chi connectivity index (χ4v) is 2.81. The van der Waals surface area contributed by atoms with Gasteiger partial charge >= 0.3 is 0 Å². The van der Waals surface area contributed by atoms with Crippen LogP contribution in [0.1, 0.15) is 20.3 Å². The Bertz CT molecular complexity index is 548. The van der Waals surface area contributed by atoms with Crippen LogP contribution < -0.4 is 10.2 Å². The number of carbonyl (C=O) groups is 2. The first kappa shape index (κ1) is 15.3. The number of halogens is 2. The van der Waals surface area contributed by atoms with Crippen molar-refractivity contribution in [3.05, 3.63) is 27.7 Å². The third-order valence-electron chi connectivity index (χ3n) is 3.28. The first-order valence-corrected chi connectivity index (χ1v) is 7.63. The molecular formula is C14H16BrClN2O2. The van der Waals surface area contributed by atoms with Gasteiger partial charge in [-0.1, -0.05) is 25.4 Å². The molecule has 1 aromatic rings. The molecule has 1 aliphatic rings. The van der Waals surface area contributed by atoms with Gasteiger partial charge in [0.05, 0.1) is 5.69 Å². The first-order valence-electron chi connectivity index (χ1n) is 6.46. The van der Waals surface area contributed by atoms with E-state index >= 15 is 0 Å². The van der Waals surface area contributed by atoms with Gasteiger partial charge in [-0.3, -0.25) is 9.59 Å².